The number of nitrogens with zero attached hydrogens (tertiary/aromatic N) is 2. The molecular formula is C24H31N3O6S. The van der Waals surface area contributed by atoms with Crippen LogP contribution < -0.4 is 5.32 Å². The van der Waals surface area contributed by atoms with Gasteiger partial charge in [0.2, 0.25) is 10.0 Å². The van der Waals surface area contributed by atoms with Gasteiger partial charge in [0.25, 0.3) is 11.8 Å². The second kappa shape index (κ2) is 12.3. The van der Waals surface area contributed by atoms with Crippen LogP contribution in [0, 0.1) is 0 Å². The summed E-state index contributed by atoms with van der Waals surface area (Å²) in [6.45, 7) is 8.68. The Morgan fingerprint density at radius 3 is 1.82 bits per heavy atom. The highest BCUT2D eigenvalue weighted by molar-refractivity contribution is 7.89. The third kappa shape index (κ3) is 6.64. The Morgan fingerprint density at radius 1 is 0.794 bits per heavy atom. The Kier molecular flexibility index (Phi) is 9.76. The van der Waals surface area contributed by atoms with Crippen molar-refractivity contribution >= 4 is 33.5 Å². The first kappa shape index (κ1) is 27.0. The number of hydrogen-bond donors (Lipinski definition) is 1. The summed E-state index contributed by atoms with van der Waals surface area (Å²) in [7, 11) is -3.63. The number of benzene rings is 2. The molecular weight excluding hydrogens is 458 g/mol. The van der Waals surface area contributed by atoms with Gasteiger partial charge in [-0.25, -0.2) is 13.2 Å². The molecule has 1 N–H and O–H groups in total. The standard InChI is InChI=1S/C24H31N3O6S/c1-5-26(6-2)23(29)18-9-13-20(14-10-18)25-22(28)17-33-24(30)19-11-15-21(16-12-19)34(31,32)27(7-3)8-4/h9-16H,5-8,17H2,1-4H3,(H,25,28). The van der Waals surface area contributed by atoms with Crippen molar-refractivity contribution in [1.82, 2.24) is 9.21 Å². The van der Waals surface area contributed by atoms with Crippen molar-refractivity contribution in [3.8, 4) is 0 Å². The normalized spacial score (nSPS) is 11.2. The van der Waals surface area contributed by atoms with Crippen LogP contribution in [0.1, 0.15) is 48.4 Å². The lowest BCUT2D eigenvalue weighted by molar-refractivity contribution is -0.119. The molecule has 0 unspecified atom stereocenters. The second-order valence-corrected chi connectivity index (χ2v) is 9.23. The number of ether oxygens (including phenoxy) is 1. The number of carbonyl (C=O) groups excluding carboxylic acids is 3. The fraction of sp³-hybridized carbons (Fsp3) is 0.375. The molecule has 0 saturated heterocycles. The molecule has 0 radical (unpaired) electrons. The predicted octanol–water partition coefficient (Wildman–Crippen LogP) is 2.99. The first-order valence-corrected chi connectivity index (χ1v) is 12.6. The molecule has 0 bridgehead atoms. The van der Waals surface area contributed by atoms with Crippen LogP contribution in [0.25, 0.3) is 0 Å². The highest BCUT2D eigenvalue weighted by Gasteiger charge is 2.22. The lowest BCUT2D eigenvalue weighted by Gasteiger charge is -2.18. The summed E-state index contributed by atoms with van der Waals surface area (Å²) in [4.78, 5) is 38.5. The van der Waals surface area contributed by atoms with E-state index in [0.717, 1.165) is 0 Å². The lowest BCUT2D eigenvalue weighted by atomic mass is 10.2. The summed E-state index contributed by atoms with van der Waals surface area (Å²) < 4.78 is 31.4. The molecule has 0 aliphatic heterocycles. The van der Waals surface area contributed by atoms with Crippen molar-refractivity contribution < 1.29 is 27.5 Å². The molecule has 10 heteroatoms. The second-order valence-electron chi connectivity index (χ2n) is 7.29. The maximum atomic E-state index is 12.5. The van der Waals surface area contributed by atoms with Gasteiger partial charge in [-0.1, -0.05) is 13.8 Å². The number of nitrogens with one attached hydrogen (secondary N) is 1. The van der Waals surface area contributed by atoms with Crippen molar-refractivity contribution in [2.45, 2.75) is 32.6 Å². The Bertz CT molecular complexity index is 1090. The van der Waals surface area contributed by atoms with Crippen LogP contribution in [0.15, 0.2) is 53.4 Å². The van der Waals surface area contributed by atoms with E-state index in [-0.39, 0.29) is 16.4 Å². The maximum Gasteiger partial charge on any atom is 0.338 e. The van der Waals surface area contributed by atoms with Crippen molar-refractivity contribution in [1.29, 1.82) is 0 Å². The molecule has 0 aliphatic rings. The van der Waals surface area contributed by atoms with E-state index in [0.29, 0.717) is 37.4 Å². The Labute approximate surface area is 200 Å². The van der Waals surface area contributed by atoms with Gasteiger partial charge in [-0.05, 0) is 62.4 Å². The van der Waals surface area contributed by atoms with Gasteiger partial charge in [0.1, 0.15) is 0 Å². The van der Waals surface area contributed by atoms with Crippen LogP contribution in [0.3, 0.4) is 0 Å². The largest absolute Gasteiger partial charge is 0.452 e. The molecule has 2 aromatic rings. The summed E-state index contributed by atoms with van der Waals surface area (Å²) in [5, 5.41) is 2.60. The van der Waals surface area contributed by atoms with Crippen LogP contribution in [0.5, 0.6) is 0 Å². The van der Waals surface area contributed by atoms with Gasteiger partial charge in [0, 0.05) is 37.4 Å². The minimum atomic E-state index is -3.63. The molecule has 0 aromatic heterocycles. The van der Waals surface area contributed by atoms with Crippen molar-refractivity contribution in [3.63, 3.8) is 0 Å². The molecule has 2 amide bonds. The Hall–Kier alpha value is -3.24. The Morgan fingerprint density at radius 2 is 1.32 bits per heavy atom. The summed E-state index contributed by atoms with van der Waals surface area (Å²) in [5.74, 6) is -1.38. The number of anilines is 1. The zero-order chi connectivity index (χ0) is 25.3. The van der Waals surface area contributed by atoms with E-state index in [2.05, 4.69) is 5.32 Å². The highest BCUT2D eigenvalue weighted by Crippen LogP contribution is 2.17. The quantitative estimate of drug-likeness (QED) is 0.486. The zero-order valence-electron chi connectivity index (χ0n) is 19.9. The highest BCUT2D eigenvalue weighted by atomic mass is 32.2. The van der Waals surface area contributed by atoms with E-state index in [1.54, 1.807) is 43.0 Å². The molecule has 0 aliphatic carbocycles. The summed E-state index contributed by atoms with van der Waals surface area (Å²) in [6, 6.07) is 11.8. The molecule has 9 nitrogen and oxygen atoms in total. The SMILES string of the molecule is CCN(CC)C(=O)c1ccc(NC(=O)COC(=O)c2ccc(S(=O)(=O)N(CC)CC)cc2)cc1. The molecule has 0 saturated carbocycles. The average Bonchev–Trinajstić information content (AvgIpc) is 2.84. The van der Waals surface area contributed by atoms with Gasteiger partial charge in [-0.15, -0.1) is 0 Å². The van der Waals surface area contributed by atoms with Gasteiger partial charge in [0.15, 0.2) is 6.61 Å². The van der Waals surface area contributed by atoms with Crippen molar-refractivity contribution in [2.24, 2.45) is 0 Å². The molecule has 2 rings (SSSR count). The maximum absolute atomic E-state index is 12.5. The minimum Gasteiger partial charge on any atom is -0.452 e. The predicted molar refractivity (Wildman–Crippen MR) is 129 cm³/mol. The van der Waals surface area contributed by atoms with E-state index in [9.17, 15) is 22.8 Å². The number of carbonyl (C=O) groups is 3. The average molecular weight is 490 g/mol. The zero-order valence-corrected chi connectivity index (χ0v) is 20.7. The first-order chi connectivity index (χ1) is 16.2. The molecule has 34 heavy (non-hydrogen) atoms. The first-order valence-electron chi connectivity index (χ1n) is 11.1. The van der Waals surface area contributed by atoms with E-state index in [4.69, 9.17) is 4.74 Å². The molecule has 0 fully saturated rings. The van der Waals surface area contributed by atoms with E-state index in [1.165, 1.54) is 28.6 Å². The number of amides is 2. The fourth-order valence-corrected chi connectivity index (χ4v) is 4.73. The topological polar surface area (TPSA) is 113 Å². The van der Waals surface area contributed by atoms with Crippen LogP contribution in [-0.2, 0) is 19.6 Å². The van der Waals surface area contributed by atoms with Crippen molar-refractivity contribution in [2.75, 3.05) is 38.1 Å². The smallest absolute Gasteiger partial charge is 0.338 e. The monoisotopic (exact) mass is 489 g/mol. The lowest BCUT2D eigenvalue weighted by Crippen LogP contribution is -2.30. The molecule has 0 atom stereocenters. The number of rotatable bonds is 11. The van der Waals surface area contributed by atoms with Crippen LogP contribution >= 0.6 is 0 Å². The minimum absolute atomic E-state index is 0.0772. The molecule has 0 heterocycles. The summed E-state index contributed by atoms with van der Waals surface area (Å²) >= 11 is 0. The van der Waals surface area contributed by atoms with Gasteiger partial charge < -0.3 is 15.0 Å². The number of sulfonamides is 1. The van der Waals surface area contributed by atoms with Crippen LogP contribution in [0.4, 0.5) is 5.69 Å². The molecule has 184 valence electrons. The van der Waals surface area contributed by atoms with E-state index in [1.807, 2.05) is 13.8 Å². The third-order valence-corrected chi connectivity index (χ3v) is 7.30. The number of esters is 1. The van der Waals surface area contributed by atoms with E-state index < -0.39 is 28.5 Å². The van der Waals surface area contributed by atoms with Crippen LogP contribution in [0.2, 0.25) is 0 Å². The van der Waals surface area contributed by atoms with Gasteiger partial charge in [0.05, 0.1) is 10.5 Å². The Balaban J connectivity index is 1.93. The summed E-state index contributed by atoms with van der Waals surface area (Å²) in [5.41, 5.74) is 1.10. The molecule has 2 aromatic carbocycles. The van der Waals surface area contributed by atoms with Gasteiger partial charge in [-0.2, -0.15) is 4.31 Å². The van der Waals surface area contributed by atoms with Gasteiger partial charge >= 0.3 is 5.97 Å². The fourth-order valence-electron chi connectivity index (χ4n) is 3.28. The third-order valence-electron chi connectivity index (χ3n) is 5.23. The number of hydrogen-bond acceptors (Lipinski definition) is 6. The molecule has 0 spiro atoms. The van der Waals surface area contributed by atoms with Crippen LogP contribution in [-0.4, -0.2) is 68.2 Å². The summed E-state index contributed by atoms with van der Waals surface area (Å²) in [6.07, 6.45) is 0. The van der Waals surface area contributed by atoms with E-state index >= 15 is 0 Å². The van der Waals surface area contributed by atoms with Gasteiger partial charge in [-0.3, -0.25) is 9.59 Å². The van der Waals surface area contributed by atoms with Crippen molar-refractivity contribution in [3.05, 3.63) is 59.7 Å².